The average Bonchev–Trinajstić information content (AvgIpc) is 3.68. The van der Waals surface area contributed by atoms with E-state index in [9.17, 15) is 48.3 Å². The van der Waals surface area contributed by atoms with Crippen molar-refractivity contribution < 1.29 is 58.1 Å². The van der Waals surface area contributed by atoms with Crippen LogP contribution in [0.25, 0.3) is 0 Å². The number of nitrogens with zero attached hydrogens (tertiary/aromatic N) is 2. The van der Waals surface area contributed by atoms with Gasteiger partial charge in [-0.05, 0) is 54.2 Å². The van der Waals surface area contributed by atoms with E-state index in [2.05, 4.69) is 21.3 Å². The molecule has 1 saturated heterocycles. The van der Waals surface area contributed by atoms with Crippen molar-refractivity contribution in [2.45, 2.75) is 135 Å². The molecule has 0 aliphatic carbocycles. The lowest BCUT2D eigenvalue weighted by atomic mass is 9.98. The van der Waals surface area contributed by atoms with Crippen molar-refractivity contribution in [3.63, 3.8) is 0 Å². The van der Waals surface area contributed by atoms with Crippen molar-refractivity contribution in [1.29, 1.82) is 0 Å². The highest BCUT2D eigenvalue weighted by atomic mass is 16.6. The molecular weight excluding hydrogens is 829 g/mol. The molecule has 4 rings (SSSR count). The van der Waals surface area contributed by atoms with Crippen molar-refractivity contribution in [3.05, 3.63) is 71.3 Å². The van der Waals surface area contributed by atoms with Gasteiger partial charge in [0.1, 0.15) is 30.3 Å². The number of fused-ring (bicyclic) bond motifs is 1. The van der Waals surface area contributed by atoms with Gasteiger partial charge in [-0.3, -0.25) is 33.6 Å². The predicted molar refractivity (Wildman–Crippen MR) is 232 cm³/mol. The maximum Gasteiger partial charge on any atom is 0.410 e. The fourth-order valence-electron chi connectivity index (χ4n) is 7.78. The van der Waals surface area contributed by atoms with Crippen LogP contribution in [0.5, 0.6) is 0 Å². The van der Waals surface area contributed by atoms with Gasteiger partial charge in [0.05, 0.1) is 12.6 Å². The third-order valence-electron chi connectivity index (χ3n) is 11.4. The summed E-state index contributed by atoms with van der Waals surface area (Å²) in [5, 5.41) is 29.1. The number of ether oxygens (including phenoxy) is 1. The first-order valence-electron chi connectivity index (χ1n) is 22.0. The predicted octanol–water partition coefficient (Wildman–Crippen LogP) is 2.74. The van der Waals surface area contributed by atoms with E-state index in [4.69, 9.17) is 9.84 Å². The van der Waals surface area contributed by atoms with Crippen molar-refractivity contribution in [1.82, 2.24) is 31.1 Å². The number of nitrogens with one attached hydrogen (secondary N) is 4. The van der Waals surface area contributed by atoms with Crippen LogP contribution < -0.4 is 21.3 Å². The minimum absolute atomic E-state index is 0.00349. The van der Waals surface area contributed by atoms with Crippen molar-refractivity contribution in [2.24, 2.45) is 11.8 Å². The molecule has 18 nitrogen and oxygen atoms in total. The number of amides is 6. The molecule has 348 valence electrons. The number of carbonyl (C=O) groups is 9. The summed E-state index contributed by atoms with van der Waals surface area (Å²) in [7, 11) is 0. The van der Waals surface area contributed by atoms with Crippen molar-refractivity contribution >= 4 is 53.4 Å². The largest absolute Gasteiger partial charge is 0.481 e. The second-order valence-electron chi connectivity index (χ2n) is 17.1. The molecule has 6 atom stereocenters. The van der Waals surface area contributed by atoms with E-state index >= 15 is 0 Å². The second kappa shape index (κ2) is 23.9. The van der Waals surface area contributed by atoms with Gasteiger partial charge in [0, 0.05) is 38.8 Å². The molecule has 0 aromatic heterocycles. The first-order valence-corrected chi connectivity index (χ1v) is 22.0. The Labute approximate surface area is 373 Å². The fourth-order valence-corrected chi connectivity index (χ4v) is 7.78. The number of rotatable bonds is 22. The Kier molecular flexibility index (Phi) is 18.8. The molecule has 2 aromatic carbocycles. The Balaban J connectivity index is 1.55. The van der Waals surface area contributed by atoms with Gasteiger partial charge in [0.15, 0.2) is 0 Å². The van der Waals surface area contributed by atoms with Crippen LogP contribution >= 0.6 is 0 Å². The number of hydrogen-bond donors (Lipinski definition) is 6. The zero-order valence-electron chi connectivity index (χ0n) is 37.2. The molecule has 2 heterocycles. The van der Waals surface area contributed by atoms with Gasteiger partial charge >= 0.3 is 18.0 Å². The minimum Gasteiger partial charge on any atom is -0.481 e. The van der Waals surface area contributed by atoms with Crippen LogP contribution in [0.1, 0.15) is 96.3 Å². The molecule has 18 heteroatoms. The van der Waals surface area contributed by atoms with Gasteiger partial charge in [0.2, 0.25) is 29.4 Å². The van der Waals surface area contributed by atoms with Crippen LogP contribution in [-0.4, -0.2) is 123 Å². The lowest BCUT2D eigenvalue weighted by Gasteiger charge is -2.32. The molecule has 6 N–H and O–H groups in total. The van der Waals surface area contributed by atoms with Crippen LogP contribution in [0.15, 0.2) is 54.6 Å². The van der Waals surface area contributed by atoms with Crippen LogP contribution in [0, 0.1) is 11.8 Å². The van der Waals surface area contributed by atoms with Crippen LogP contribution in [0.4, 0.5) is 4.79 Å². The number of benzene rings is 2. The number of unbranched alkanes of at least 4 members (excludes halogenated alkanes) is 1. The number of carboxylic acids is 2. The van der Waals surface area contributed by atoms with E-state index in [1.165, 1.54) is 9.80 Å². The summed E-state index contributed by atoms with van der Waals surface area (Å²) in [5.74, 6) is -8.29. The molecule has 0 radical (unpaired) electrons. The topological polar surface area (TPSA) is 258 Å². The number of hydrogen-bond acceptors (Lipinski definition) is 10. The highest BCUT2D eigenvalue weighted by Gasteiger charge is 2.46. The second-order valence-corrected chi connectivity index (χ2v) is 17.1. The van der Waals surface area contributed by atoms with E-state index in [-0.39, 0.29) is 45.1 Å². The Morgan fingerprint density at radius 3 is 2.03 bits per heavy atom. The molecule has 0 saturated carbocycles. The van der Waals surface area contributed by atoms with Gasteiger partial charge in [0.25, 0.3) is 5.91 Å². The molecular formula is C46H62N6O12. The summed E-state index contributed by atoms with van der Waals surface area (Å²) in [4.78, 5) is 122. The number of carbonyl (C=O) groups excluding carboxylic acids is 7. The van der Waals surface area contributed by atoms with E-state index in [0.29, 0.717) is 37.9 Å². The summed E-state index contributed by atoms with van der Waals surface area (Å²) in [6.07, 6.45) is -0.546. The number of ketones is 1. The molecule has 2 aliphatic rings. The molecule has 2 aromatic rings. The molecule has 0 spiro atoms. The maximum absolute atomic E-state index is 14.6. The monoisotopic (exact) mass is 890 g/mol. The lowest BCUT2D eigenvalue weighted by Crippen LogP contribution is -2.60. The van der Waals surface area contributed by atoms with Crippen molar-refractivity contribution in [2.75, 3.05) is 13.1 Å². The molecule has 1 fully saturated rings. The molecule has 6 amide bonds. The SMILES string of the molecule is CCCC(NC(=O)[C@@H]1CC(OC(=O)N2CCc3ccccc3C2)CN1C(=O)[C@@H](NC(=O)[C@@H](NC(=O)CCCCC(=O)O)C(C)C)C(C)C)C(=O)C(=O)N[C@@H](Cc1ccccc1)C(=O)O. The molecule has 2 aliphatic heterocycles. The van der Waals surface area contributed by atoms with Gasteiger partial charge < -0.3 is 46.0 Å². The Hall–Kier alpha value is -6.33. The fraction of sp³-hybridized carbons (Fsp3) is 0.543. The maximum atomic E-state index is 14.6. The third-order valence-corrected chi connectivity index (χ3v) is 11.4. The van der Waals surface area contributed by atoms with Crippen LogP contribution in [0.3, 0.4) is 0 Å². The quantitative estimate of drug-likeness (QED) is 0.0737. The zero-order valence-corrected chi connectivity index (χ0v) is 37.2. The first-order chi connectivity index (χ1) is 30.4. The number of likely N-dealkylation sites (tertiary alicyclic amines) is 1. The smallest absolute Gasteiger partial charge is 0.410 e. The summed E-state index contributed by atoms with van der Waals surface area (Å²) in [6.45, 7) is 8.93. The van der Waals surface area contributed by atoms with E-state index in [1.54, 1.807) is 65.0 Å². The lowest BCUT2D eigenvalue weighted by molar-refractivity contribution is -0.146. The molecule has 0 bridgehead atoms. The van der Waals surface area contributed by atoms with E-state index in [1.807, 2.05) is 24.3 Å². The zero-order chi connectivity index (χ0) is 47.1. The van der Waals surface area contributed by atoms with Gasteiger partial charge in [-0.15, -0.1) is 0 Å². The molecule has 2 unspecified atom stereocenters. The first kappa shape index (κ1) is 50.3. The standard InChI is InChI=1S/C46H62N6O12/c1-6-14-33(40(56)43(59)48-34(45(61)62)23-29-15-8-7-9-16-29)47-41(57)35-24-32(64-46(63)51-22-21-30-17-10-11-18-31(30)25-51)26-52(35)44(60)39(28(4)5)50-42(58)38(27(2)3)49-36(53)19-12-13-20-37(54)55/h7-11,15-18,27-28,32-35,38-39H,6,12-14,19-26H2,1-5H3,(H,47,57)(H,48,59)(H,49,53)(H,50,58)(H,54,55)(H,61,62)/t32?,33?,34-,35-,38-,39-/m0/s1. The average molecular weight is 891 g/mol. The van der Waals surface area contributed by atoms with Crippen LogP contribution in [-0.2, 0) is 62.5 Å². The van der Waals surface area contributed by atoms with Crippen molar-refractivity contribution in [3.8, 4) is 0 Å². The normalized spacial score (nSPS) is 17.6. The Morgan fingerprint density at radius 1 is 0.766 bits per heavy atom. The van der Waals surface area contributed by atoms with Crippen LogP contribution in [0.2, 0.25) is 0 Å². The Morgan fingerprint density at radius 2 is 1.41 bits per heavy atom. The van der Waals surface area contributed by atoms with Gasteiger partial charge in [-0.2, -0.15) is 0 Å². The Bertz CT molecular complexity index is 2010. The summed E-state index contributed by atoms with van der Waals surface area (Å²) in [5.41, 5.74) is 2.68. The summed E-state index contributed by atoms with van der Waals surface area (Å²) in [6, 6.07) is 9.74. The number of carboxylic acid groups (broad SMARTS) is 2. The number of aliphatic carboxylic acids is 2. The molecule has 64 heavy (non-hydrogen) atoms. The number of Topliss-reactive ketones (excluding diaryl/α,β-unsaturated/α-hetero) is 1. The van der Waals surface area contributed by atoms with Gasteiger partial charge in [-0.25, -0.2) is 9.59 Å². The minimum atomic E-state index is -1.45. The van der Waals surface area contributed by atoms with Gasteiger partial charge in [-0.1, -0.05) is 95.6 Å². The van der Waals surface area contributed by atoms with E-state index < -0.39 is 101 Å². The highest BCUT2D eigenvalue weighted by Crippen LogP contribution is 2.26. The summed E-state index contributed by atoms with van der Waals surface area (Å²) < 4.78 is 5.93. The third kappa shape index (κ3) is 14.4. The van der Waals surface area contributed by atoms with E-state index in [0.717, 1.165) is 11.1 Å². The summed E-state index contributed by atoms with van der Waals surface area (Å²) >= 11 is 0. The highest BCUT2D eigenvalue weighted by molar-refractivity contribution is 6.38.